The Kier molecular flexibility index (Phi) is 4.52. The van der Waals surface area contributed by atoms with E-state index < -0.39 is 0 Å². The number of aryl methyl sites for hydroxylation is 1. The van der Waals surface area contributed by atoms with Gasteiger partial charge in [-0.2, -0.15) is 0 Å². The SMILES string of the molecule is CCc1nc(C(=O)N(CC)C2CCCC2CN)n[nH]1. The van der Waals surface area contributed by atoms with E-state index in [-0.39, 0.29) is 17.8 Å². The Balaban J connectivity index is 2.14. The van der Waals surface area contributed by atoms with Crippen molar-refractivity contribution in [1.29, 1.82) is 0 Å². The average Bonchev–Trinajstić information content (AvgIpc) is 3.08. The Hall–Kier alpha value is -1.43. The summed E-state index contributed by atoms with van der Waals surface area (Å²) in [5.74, 6) is 1.36. The second kappa shape index (κ2) is 6.14. The lowest BCUT2D eigenvalue weighted by Crippen LogP contribution is -2.44. The predicted molar refractivity (Wildman–Crippen MR) is 72.7 cm³/mol. The van der Waals surface area contributed by atoms with Crippen molar-refractivity contribution >= 4 is 5.91 Å². The van der Waals surface area contributed by atoms with Gasteiger partial charge >= 0.3 is 0 Å². The molecule has 0 spiro atoms. The van der Waals surface area contributed by atoms with Crippen molar-refractivity contribution in [2.75, 3.05) is 13.1 Å². The molecular weight excluding hydrogens is 242 g/mol. The van der Waals surface area contributed by atoms with E-state index in [4.69, 9.17) is 5.73 Å². The smallest absolute Gasteiger partial charge is 0.293 e. The zero-order chi connectivity index (χ0) is 13.8. The van der Waals surface area contributed by atoms with Crippen LogP contribution in [0.2, 0.25) is 0 Å². The molecule has 1 saturated carbocycles. The summed E-state index contributed by atoms with van der Waals surface area (Å²) in [6.07, 6.45) is 4.04. The number of carbonyl (C=O) groups is 1. The van der Waals surface area contributed by atoms with Gasteiger partial charge in [-0.25, -0.2) is 4.98 Å². The van der Waals surface area contributed by atoms with Gasteiger partial charge < -0.3 is 10.6 Å². The maximum absolute atomic E-state index is 12.5. The third-order valence-corrected chi connectivity index (χ3v) is 3.98. The number of aromatic amines is 1. The number of carbonyl (C=O) groups excluding carboxylic acids is 1. The van der Waals surface area contributed by atoms with Crippen LogP contribution in [-0.2, 0) is 6.42 Å². The summed E-state index contributed by atoms with van der Waals surface area (Å²) in [5.41, 5.74) is 5.81. The van der Waals surface area contributed by atoms with Gasteiger partial charge in [0.15, 0.2) is 0 Å². The largest absolute Gasteiger partial charge is 0.333 e. The number of nitrogens with zero attached hydrogens (tertiary/aromatic N) is 3. The number of H-pyrrole nitrogens is 1. The lowest BCUT2D eigenvalue weighted by molar-refractivity contribution is 0.0640. The molecule has 0 aliphatic heterocycles. The molecule has 19 heavy (non-hydrogen) atoms. The molecule has 1 heterocycles. The zero-order valence-corrected chi connectivity index (χ0v) is 11.7. The van der Waals surface area contributed by atoms with Crippen LogP contribution in [0, 0.1) is 5.92 Å². The number of nitrogens with two attached hydrogens (primary N) is 1. The molecule has 0 saturated heterocycles. The highest BCUT2D eigenvalue weighted by Gasteiger charge is 2.34. The molecule has 2 unspecified atom stereocenters. The second-order valence-electron chi connectivity index (χ2n) is 5.04. The molecule has 0 radical (unpaired) electrons. The molecule has 2 rings (SSSR count). The Bertz CT molecular complexity index is 430. The maximum Gasteiger partial charge on any atom is 0.293 e. The van der Waals surface area contributed by atoms with Gasteiger partial charge in [-0.3, -0.25) is 9.89 Å². The fourth-order valence-corrected chi connectivity index (χ4v) is 2.91. The first kappa shape index (κ1) is 14.0. The molecule has 3 N–H and O–H groups in total. The molecule has 1 aromatic heterocycles. The summed E-state index contributed by atoms with van der Waals surface area (Å²) in [6.45, 7) is 5.30. The molecular formula is C13H23N5O. The number of nitrogens with one attached hydrogen (secondary N) is 1. The molecule has 0 bridgehead atoms. The molecule has 0 aromatic carbocycles. The number of rotatable bonds is 5. The van der Waals surface area contributed by atoms with Crippen molar-refractivity contribution in [3.63, 3.8) is 0 Å². The normalized spacial score (nSPS) is 22.7. The summed E-state index contributed by atoms with van der Waals surface area (Å²) in [4.78, 5) is 18.6. The third kappa shape index (κ3) is 2.78. The molecule has 1 fully saturated rings. The van der Waals surface area contributed by atoms with E-state index in [1.165, 1.54) is 0 Å². The van der Waals surface area contributed by atoms with E-state index in [2.05, 4.69) is 15.2 Å². The maximum atomic E-state index is 12.5. The predicted octanol–water partition coefficient (Wildman–Crippen LogP) is 0.957. The minimum atomic E-state index is -0.0798. The fourth-order valence-electron chi connectivity index (χ4n) is 2.91. The van der Waals surface area contributed by atoms with Crippen LogP contribution < -0.4 is 5.73 Å². The summed E-state index contributed by atoms with van der Waals surface area (Å²) in [6, 6.07) is 0.242. The average molecular weight is 265 g/mol. The molecule has 6 heteroatoms. The van der Waals surface area contributed by atoms with E-state index >= 15 is 0 Å². The van der Waals surface area contributed by atoms with Crippen LogP contribution >= 0.6 is 0 Å². The van der Waals surface area contributed by atoms with Crippen molar-refractivity contribution in [3.8, 4) is 0 Å². The minimum absolute atomic E-state index is 0.0798. The highest BCUT2D eigenvalue weighted by atomic mass is 16.2. The Morgan fingerprint density at radius 3 is 2.84 bits per heavy atom. The molecule has 1 amide bonds. The summed E-state index contributed by atoms with van der Waals surface area (Å²) in [7, 11) is 0. The Morgan fingerprint density at radius 1 is 1.47 bits per heavy atom. The van der Waals surface area contributed by atoms with Crippen LogP contribution in [0.25, 0.3) is 0 Å². The third-order valence-electron chi connectivity index (χ3n) is 3.98. The summed E-state index contributed by atoms with van der Waals surface area (Å²) in [5, 5.41) is 6.82. The van der Waals surface area contributed by atoms with Crippen LogP contribution in [0.15, 0.2) is 0 Å². The van der Waals surface area contributed by atoms with Gasteiger partial charge in [0.25, 0.3) is 5.91 Å². The van der Waals surface area contributed by atoms with Crippen molar-refractivity contribution in [2.45, 2.75) is 45.6 Å². The topological polar surface area (TPSA) is 87.9 Å². The van der Waals surface area contributed by atoms with Gasteiger partial charge in [0, 0.05) is 19.0 Å². The second-order valence-corrected chi connectivity index (χ2v) is 5.04. The van der Waals surface area contributed by atoms with Gasteiger partial charge in [0.05, 0.1) is 0 Å². The van der Waals surface area contributed by atoms with Crippen molar-refractivity contribution in [1.82, 2.24) is 20.1 Å². The molecule has 2 atom stereocenters. The van der Waals surface area contributed by atoms with Gasteiger partial charge in [-0.1, -0.05) is 13.3 Å². The highest BCUT2D eigenvalue weighted by Crippen LogP contribution is 2.29. The number of amides is 1. The number of hydrogen-bond donors (Lipinski definition) is 2. The number of aromatic nitrogens is 3. The first-order valence-electron chi connectivity index (χ1n) is 7.13. The van der Waals surface area contributed by atoms with Crippen LogP contribution in [0.4, 0.5) is 0 Å². The van der Waals surface area contributed by atoms with Gasteiger partial charge in [0.2, 0.25) is 5.82 Å². The Labute approximate surface area is 113 Å². The molecule has 106 valence electrons. The monoisotopic (exact) mass is 265 g/mol. The van der Waals surface area contributed by atoms with Gasteiger partial charge in [-0.15, -0.1) is 5.10 Å². The first-order chi connectivity index (χ1) is 9.21. The summed E-state index contributed by atoms with van der Waals surface area (Å²) < 4.78 is 0. The minimum Gasteiger partial charge on any atom is -0.333 e. The lowest BCUT2D eigenvalue weighted by atomic mass is 10.0. The van der Waals surface area contributed by atoms with Crippen LogP contribution in [0.1, 0.15) is 49.6 Å². The van der Waals surface area contributed by atoms with Gasteiger partial charge in [-0.05, 0) is 32.2 Å². The summed E-state index contributed by atoms with van der Waals surface area (Å²) >= 11 is 0. The highest BCUT2D eigenvalue weighted by molar-refractivity contribution is 5.90. The molecule has 6 nitrogen and oxygen atoms in total. The number of hydrogen-bond acceptors (Lipinski definition) is 4. The van der Waals surface area contributed by atoms with E-state index in [1.807, 2.05) is 18.7 Å². The molecule has 1 aromatic rings. The van der Waals surface area contributed by atoms with Crippen LogP contribution in [0.5, 0.6) is 0 Å². The first-order valence-corrected chi connectivity index (χ1v) is 7.13. The Morgan fingerprint density at radius 2 is 2.26 bits per heavy atom. The quantitative estimate of drug-likeness (QED) is 0.830. The fraction of sp³-hybridized carbons (Fsp3) is 0.769. The van der Waals surface area contributed by atoms with Crippen molar-refractivity contribution < 1.29 is 4.79 Å². The molecule has 1 aliphatic carbocycles. The van der Waals surface area contributed by atoms with E-state index in [1.54, 1.807) is 0 Å². The lowest BCUT2D eigenvalue weighted by Gasteiger charge is -2.30. The van der Waals surface area contributed by atoms with E-state index in [0.717, 1.165) is 31.5 Å². The van der Waals surface area contributed by atoms with Crippen LogP contribution in [-0.4, -0.2) is 45.1 Å². The zero-order valence-electron chi connectivity index (χ0n) is 11.7. The van der Waals surface area contributed by atoms with Gasteiger partial charge in [0.1, 0.15) is 5.82 Å². The van der Waals surface area contributed by atoms with E-state index in [9.17, 15) is 4.79 Å². The van der Waals surface area contributed by atoms with Crippen molar-refractivity contribution in [2.24, 2.45) is 11.7 Å². The van der Waals surface area contributed by atoms with Crippen LogP contribution in [0.3, 0.4) is 0 Å². The standard InChI is InChI=1S/C13H23N5O/c1-3-11-15-12(17-16-11)13(19)18(4-2)10-7-5-6-9(10)8-14/h9-10H,3-8,14H2,1-2H3,(H,15,16,17). The van der Waals surface area contributed by atoms with Crippen molar-refractivity contribution in [3.05, 3.63) is 11.6 Å². The molecule has 1 aliphatic rings. The van der Waals surface area contributed by atoms with E-state index in [0.29, 0.717) is 19.0 Å².